The van der Waals surface area contributed by atoms with E-state index in [0.717, 1.165) is 38.5 Å². The van der Waals surface area contributed by atoms with E-state index in [4.69, 9.17) is 4.74 Å². The average Bonchev–Trinajstić information content (AvgIpc) is 2.49. The molecule has 0 bridgehead atoms. The molecule has 0 rings (SSSR count). The summed E-state index contributed by atoms with van der Waals surface area (Å²) in [7, 11) is 0. The number of rotatable bonds is 14. The second kappa shape index (κ2) is 13.1. The van der Waals surface area contributed by atoms with E-state index < -0.39 is 0 Å². The molecule has 0 saturated heterocycles. The van der Waals surface area contributed by atoms with E-state index in [1.807, 2.05) is 0 Å². The lowest BCUT2D eigenvalue weighted by atomic mass is 9.81. The summed E-state index contributed by atoms with van der Waals surface area (Å²) in [4.78, 5) is 11.8. The number of aliphatic hydroxyl groups excluding tert-OH is 1. The fourth-order valence-corrected chi connectivity index (χ4v) is 2.89. The molecule has 0 aliphatic carbocycles. The number of hydrogen-bond acceptors (Lipinski definition) is 3. The van der Waals surface area contributed by atoms with Gasteiger partial charge in [0.05, 0.1) is 13.2 Å². The molecule has 0 heterocycles. The Morgan fingerprint density at radius 2 is 1.48 bits per heavy atom. The van der Waals surface area contributed by atoms with E-state index in [1.165, 1.54) is 25.7 Å². The molecule has 0 aromatic carbocycles. The molecule has 126 valence electrons. The van der Waals surface area contributed by atoms with Crippen molar-refractivity contribution in [2.45, 2.75) is 91.4 Å². The van der Waals surface area contributed by atoms with E-state index in [0.29, 0.717) is 13.0 Å². The zero-order valence-electron chi connectivity index (χ0n) is 14.5. The van der Waals surface area contributed by atoms with Crippen molar-refractivity contribution in [1.29, 1.82) is 0 Å². The highest BCUT2D eigenvalue weighted by molar-refractivity contribution is 5.69. The Kier molecular flexibility index (Phi) is 12.8. The molecule has 0 spiro atoms. The Hall–Kier alpha value is -0.570. The summed E-state index contributed by atoms with van der Waals surface area (Å²) < 4.78 is 5.43. The molecule has 0 unspecified atom stereocenters. The van der Waals surface area contributed by atoms with Crippen molar-refractivity contribution in [3.8, 4) is 0 Å². The smallest absolute Gasteiger partial charge is 0.305 e. The molecule has 3 heteroatoms. The van der Waals surface area contributed by atoms with Crippen LogP contribution in [0.1, 0.15) is 91.4 Å². The van der Waals surface area contributed by atoms with Crippen molar-refractivity contribution in [1.82, 2.24) is 0 Å². The van der Waals surface area contributed by atoms with Crippen LogP contribution >= 0.6 is 0 Å². The predicted octanol–water partition coefficient (Wildman–Crippen LogP) is 4.86. The van der Waals surface area contributed by atoms with Gasteiger partial charge in [0.2, 0.25) is 0 Å². The third-order valence-electron chi connectivity index (χ3n) is 4.17. The van der Waals surface area contributed by atoms with Gasteiger partial charge in [0.1, 0.15) is 0 Å². The number of carbonyl (C=O) groups is 1. The van der Waals surface area contributed by atoms with Gasteiger partial charge in [-0.25, -0.2) is 0 Å². The number of aliphatic hydroxyl groups is 1. The van der Waals surface area contributed by atoms with Crippen LogP contribution in [0.2, 0.25) is 0 Å². The van der Waals surface area contributed by atoms with Crippen molar-refractivity contribution in [3.05, 3.63) is 0 Å². The number of ether oxygens (including phenoxy) is 1. The summed E-state index contributed by atoms with van der Waals surface area (Å²) >= 11 is 0. The topological polar surface area (TPSA) is 46.5 Å². The monoisotopic (exact) mass is 300 g/mol. The fourth-order valence-electron chi connectivity index (χ4n) is 2.89. The molecular formula is C18H36O3. The van der Waals surface area contributed by atoms with E-state index in [-0.39, 0.29) is 18.0 Å². The lowest BCUT2D eigenvalue weighted by molar-refractivity contribution is -0.149. The van der Waals surface area contributed by atoms with Crippen LogP contribution in [0.5, 0.6) is 0 Å². The quantitative estimate of drug-likeness (QED) is 0.368. The molecule has 0 aromatic rings. The zero-order valence-corrected chi connectivity index (χ0v) is 14.5. The van der Waals surface area contributed by atoms with Crippen molar-refractivity contribution < 1.29 is 14.6 Å². The average molecular weight is 300 g/mol. The Bertz CT molecular complexity index is 245. The molecule has 0 aliphatic rings. The van der Waals surface area contributed by atoms with Gasteiger partial charge in [0.25, 0.3) is 0 Å². The van der Waals surface area contributed by atoms with Crippen LogP contribution in [0.3, 0.4) is 0 Å². The molecule has 0 fully saturated rings. The van der Waals surface area contributed by atoms with Crippen LogP contribution in [0.15, 0.2) is 0 Å². The van der Waals surface area contributed by atoms with Gasteiger partial charge in [0.15, 0.2) is 0 Å². The first-order valence-electron chi connectivity index (χ1n) is 8.90. The second-order valence-corrected chi connectivity index (χ2v) is 6.34. The first-order chi connectivity index (χ1) is 10.1. The highest BCUT2D eigenvalue weighted by Crippen LogP contribution is 2.30. The fraction of sp³-hybridized carbons (Fsp3) is 0.944. The molecule has 0 aliphatic heterocycles. The minimum absolute atomic E-state index is 0.101. The molecule has 0 amide bonds. The first-order valence-corrected chi connectivity index (χ1v) is 8.90. The van der Waals surface area contributed by atoms with Gasteiger partial charge in [-0.2, -0.15) is 0 Å². The largest absolute Gasteiger partial charge is 0.465 e. The van der Waals surface area contributed by atoms with Crippen LogP contribution in [0.25, 0.3) is 0 Å². The third kappa shape index (κ3) is 9.89. The summed E-state index contributed by atoms with van der Waals surface area (Å²) in [5.74, 6) is -0.101. The Balaban J connectivity index is 3.91. The molecule has 0 aromatic heterocycles. The zero-order chi connectivity index (χ0) is 16.0. The Labute approximate surface area is 131 Å². The number of hydrogen-bond donors (Lipinski definition) is 1. The van der Waals surface area contributed by atoms with Gasteiger partial charge in [-0.15, -0.1) is 0 Å². The maximum Gasteiger partial charge on any atom is 0.305 e. The van der Waals surface area contributed by atoms with Gasteiger partial charge in [-0.05, 0) is 19.3 Å². The standard InChI is InChI=1S/C18H36O3/c1-4-7-8-9-10-11-12-17(20)21-16-18(15-19,13-5-2)14-6-3/h19H,4-16H2,1-3H3. The van der Waals surface area contributed by atoms with Gasteiger partial charge >= 0.3 is 5.97 Å². The lowest BCUT2D eigenvalue weighted by Crippen LogP contribution is -2.32. The second-order valence-electron chi connectivity index (χ2n) is 6.34. The molecule has 21 heavy (non-hydrogen) atoms. The number of unbranched alkanes of at least 4 members (excludes halogenated alkanes) is 5. The van der Waals surface area contributed by atoms with Gasteiger partial charge in [0, 0.05) is 11.8 Å². The normalized spacial score (nSPS) is 11.6. The summed E-state index contributed by atoms with van der Waals surface area (Å²) in [6.07, 6.45) is 11.4. The van der Waals surface area contributed by atoms with E-state index >= 15 is 0 Å². The van der Waals surface area contributed by atoms with Crippen molar-refractivity contribution in [3.63, 3.8) is 0 Å². The maximum atomic E-state index is 11.8. The van der Waals surface area contributed by atoms with Gasteiger partial charge < -0.3 is 9.84 Å². The Morgan fingerprint density at radius 1 is 0.905 bits per heavy atom. The van der Waals surface area contributed by atoms with Crippen molar-refractivity contribution in [2.75, 3.05) is 13.2 Å². The first kappa shape index (κ1) is 20.4. The third-order valence-corrected chi connectivity index (χ3v) is 4.17. The summed E-state index contributed by atoms with van der Waals surface area (Å²) in [6, 6.07) is 0. The minimum Gasteiger partial charge on any atom is -0.465 e. The summed E-state index contributed by atoms with van der Waals surface area (Å²) in [6.45, 7) is 6.91. The molecule has 0 atom stereocenters. The van der Waals surface area contributed by atoms with E-state index in [9.17, 15) is 9.90 Å². The summed E-state index contributed by atoms with van der Waals surface area (Å²) in [5.41, 5.74) is -0.222. The maximum absolute atomic E-state index is 11.8. The van der Waals surface area contributed by atoms with E-state index in [2.05, 4.69) is 20.8 Å². The van der Waals surface area contributed by atoms with Crippen LogP contribution in [-0.4, -0.2) is 24.3 Å². The van der Waals surface area contributed by atoms with Crippen LogP contribution in [0.4, 0.5) is 0 Å². The van der Waals surface area contributed by atoms with Crippen LogP contribution in [-0.2, 0) is 9.53 Å². The van der Waals surface area contributed by atoms with Crippen molar-refractivity contribution in [2.24, 2.45) is 5.41 Å². The lowest BCUT2D eigenvalue weighted by Gasteiger charge is -2.30. The van der Waals surface area contributed by atoms with Gasteiger partial charge in [-0.3, -0.25) is 4.79 Å². The predicted molar refractivity (Wildman–Crippen MR) is 88.3 cm³/mol. The molecule has 0 saturated carbocycles. The number of carbonyl (C=O) groups excluding carboxylic acids is 1. The number of esters is 1. The molecule has 3 nitrogen and oxygen atoms in total. The van der Waals surface area contributed by atoms with Gasteiger partial charge in [-0.1, -0.05) is 65.7 Å². The molecule has 1 N–H and O–H groups in total. The SMILES string of the molecule is CCCCCCCCC(=O)OCC(CO)(CCC)CCC. The highest BCUT2D eigenvalue weighted by Gasteiger charge is 2.29. The highest BCUT2D eigenvalue weighted by atomic mass is 16.5. The summed E-state index contributed by atoms with van der Waals surface area (Å²) in [5, 5.41) is 9.66. The van der Waals surface area contributed by atoms with E-state index in [1.54, 1.807) is 0 Å². The Morgan fingerprint density at radius 3 is 2.00 bits per heavy atom. The van der Waals surface area contributed by atoms with Crippen LogP contribution < -0.4 is 0 Å². The van der Waals surface area contributed by atoms with Crippen LogP contribution in [0, 0.1) is 5.41 Å². The van der Waals surface area contributed by atoms with Crippen molar-refractivity contribution >= 4 is 5.97 Å². The minimum atomic E-state index is -0.222. The molecule has 0 radical (unpaired) electrons. The molecular weight excluding hydrogens is 264 g/mol.